The van der Waals surface area contributed by atoms with Crippen molar-refractivity contribution < 1.29 is 0 Å². The third-order valence-corrected chi connectivity index (χ3v) is 5.55. The van der Waals surface area contributed by atoms with E-state index in [1.165, 1.54) is 55.2 Å². The summed E-state index contributed by atoms with van der Waals surface area (Å²) < 4.78 is 0. The van der Waals surface area contributed by atoms with Crippen molar-refractivity contribution in [1.29, 1.82) is 0 Å². The first kappa shape index (κ1) is 14.6. The predicted octanol–water partition coefficient (Wildman–Crippen LogP) is 7.38. The van der Waals surface area contributed by atoms with Gasteiger partial charge in [0.2, 0.25) is 0 Å². The second-order valence-electron chi connectivity index (χ2n) is 7.13. The highest BCUT2D eigenvalue weighted by atomic mass is 14.9. The van der Waals surface area contributed by atoms with Crippen LogP contribution in [0.4, 0.5) is 11.4 Å². The van der Waals surface area contributed by atoms with Crippen molar-refractivity contribution in [2.45, 2.75) is 0 Å². The van der Waals surface area contributed by atoms with Crippen LogP contribution in [-0.4, -0.2) is 0 Å². The number of rotatable bonds is 1. The van der Waals surface area contributed by atoms with Gasteiger partial charge in [-0.3, -0.25) is 0 Å². The first-order valence-corrected chi connectivity index (χ1v) is 9.30. The first-order chi connectivity index (χ1) is 13.4. The van der Waals surface area contributed by atoms with Crippen LogP contribution in [-0.2, 0) is 0 Å². The number of hydrogen-bond acceptors (Lipinski definition) is 1. The minimum absolute atomic E-state index is 1.18. The summed E-state index contributed by atoms with van der Waals surface area (Å²) in [6, 6.07) is 34.8. The minimum Gasteiger partial charge on any atom is -0.354 e. The molecule has 0 unspecified atom stereocenters. The Morgan fingerprint density at radius 2 is 1.33 bits per heavy atom. The molecule has 0 radical (unpaired) electrons. The molecule has 1 aliphatic heterocycles. The summed E-state index contributed by atoms with van der Waals surface area (Å²) >= 11 is 0. The fourth-order valence-corrected chi connectivity index (χ4v) is 4.34. The molecule has 5 aromatic rings. The summed E-state index contributed by atoms with van der Waals surface area (Å²) in [5.41, 5.74) is 7.47. The molecule has 0 saturated heterocycles. The Morgan fingerprint density at radius 1 is 0.519 bits per heavy atom. The molecule has 1 heterocycles. The summed E-state index contributed by atoms with van der Waals surface area (Å²) in [5, 5.41) is 8.86. The van der Waals surface area contributed by atoms with E-state index < -0.39 is 0 Å². The van der Waals surface area contributed by atoms with E-state index in [9.17, 15) is 0 Å². The average Bonchev–Trinajstić information content (AvgIpc) is 2.74. The summed E-state index contributed by atoms with van der Waals surface area (Å²) in [4.78, 5) is 0. The number of fused-ring (bicyclic) bond motifs is 4. The zero-order valence-corrected chi connectivity index (χ0v) is 14.7. The quantitative estimate of drug-likeness (QED) is 0.328. The van der Waals surface area contributed by atoms with Crippen molar-refractivity contribution in [2.24, 2.45) is 0 Å². The van der Waals surface area contributed by atoms with Crippen molar-refractivity contribution in [2.75, 3.05) is 5.32 Å². The van der Waals surface area contributed by atoms with Gasteiger partial charge in [0.05, 0.1) is 0 Å². The molecule has 0 bridgehead atoms. The fraction of sp³-hybridized carbons (Fsp3) is 0. The number of hydrogen-bond donors (Lipinski definition) is 1. The van der Waals surface area contributed by atoms with Gasteiger partial charge in [0.1, 0.15) is 0 Å². The van der Waals surface area contributed by atoms with Gasteiger partial charge in [-0.25, -0.2) is 0 Å². The van der Waals surface area contributed by atoms with E-state index in [4.69, 9.17) is 0 Å². The SMILES string of the molecule is c1ccc(-c2cc3c4c(cccc4c2)-c2c(ccc4ccccc24)N3)cc1. The molecule has 0 aliphatic carbocycles. The number of anilines is 2. The van der Waals surface area contributed by atoms with Crippen molar-refractivity contribution in [3.63, 3.8) is 0 Å². The Labute approximate surface area is 157 Å². The largest absolute Gasteiger partial charge is 0.354 e. The topological polar surface area (TPSA) is 12.0 Å². The van der Waals surface area contributed by atoms with Gasteiger partial charge < -0.3 is 5.32 Å². The van der Waals surface area contributed by atoms with Gasteiger partial charge in [0, 0.05) is 22.3 Å². The lowest BCUT2D eigenvalue weighted by atomic mass is 9.87. The minimum atomic E-state index is 1.18. The summed E-state index contributed by atoms with van der Waals surface area (Å²) in [6.07, 6.45) is 0. The Kier molecular flexibility index (Phi) is 2.95. The highest BCUT2D eigenvalue weighted by Crippen LogP contribution is 2.47. The molecule has 0 saturated carbocycles. The first-order valence-electron chi connectivity index (χ1n) is 9.30. The average molecular weight is 343 g/mol. The third-order valence-electron chi connectivity index (χ3n) is 5.55. The van der Waals surface area contributed by atoms with E-state index in [0.717, 1.165) is 0 Å². The normalized spacial score (nSPS) is 12.0. The van der Waals surface area contributed by atoms with Crippen LogP contribution in [0.2, 0.25) is 0 Å². The van der Waals surface area contributed by atoms with Crippen LogP contribution >= 0.6 is 0 Å². The van der Waals surface area contributed by atoms with Crippen LogP contribution in [0.25, 0.3) is 43.8 Å². The fourth-order valence-electron chi connectivity index (χ4n) is 4.34. The Bertz CT molecular complexity index is 1330. The molecule has 27 heavy (non-hydrogen) atoms. The molecular weight excluding hydrogens is 326 g/mol. The molecule has 0 fully saturated rings. The lowest BCUT2D eigenvalue weighted by Crippen LogP contribution is -2.02. The highest BCUT2D eigenvalue weighted by molar-refractivity contribution is 6.18. The van der Waals surface area contributed by atoms with Gasteiger partial charge in [-0.2, -0.15) is 0 Å². The van der Waals surface area contributed by atoms with Gasteiger partial charge in [-0.1, -0.05) is 78.9 Å². The summed E-state index contributed by atoms with van der Waals surface area (Å²) in [7, 11) is 0. The lowest BCUT2D eigenvalue weighted by Gasteiger charge is -2.24. The molecule has 1 nitrogen and oxygen atoms in total. The molecule has 0 spiro atoms. The van der Waals surface area contributed by atoms with Crippen molar-refractivity contribution in [3.05, 3.63) is 97.1 Å². The molecule has 0 aromatic heterocycles. The van der Waals surface area contributed by atoms with Gasteiger partial charge in [-0.15, -0.1) is 0 Å². The van der Waals surface area contributed by atoms with Crippen LogP contribution < -0.4 is 5.32 Å². The van der Waals surface area contributed by atoms with Crippen LogP contribution in [0.3, 0.4) is 0 Å². The molecule has 1 N–H and O–H groups in total. The third kappa shape index (κ3) is 2.12. The maximum absolute atomic E-state index is 3.71. The molecule has 126 valence electrons. The zero-order valence-electron chi connectivity index (χ0n) is 14.7. The van der Waals surface area contributed by atoms with Gasteiger partial charge in [0.25, 0.3) is 0 Å². The predicted molar refractivity (Wildman–Crippen MR) is 116 cm³/mol. The Hall–Kier alpha value is -3.58. The van der Waals surface area contributed by atoms with Gasteiger partial charge >= 0.3 is 0 Å². The second kappa shape index (κ2) is 5.46. The van der Waals surface area contributed by atoms with Crippen molar-refractivity contribution in [1.82, 2.24) is 0 Å². The van der Waals surface area contributed by atoms with Crippen LogP contribution in [0.5, 0.6) is 0 Å². The van der Waals surface area contributed by atoms with Crippen molar-refractivity contribution in [3.8, 4) is 22.3 Å². The van der Waals surface area contributed by atoms with Crippen LogP contribution in [0.1, 0.15) is 0 Å². The molecule has 6 rings (SSSR count). The number of nitrogens with one attached hydrogen (secondary N) is 1. The van der Waals surface area contributed by atoms with E-state index in [2.05, 4.69) is 102 Å². The monoisotopic (exact) mass is 343 g/mol. The summed E-state index contributed by atoms with van der Waals surface area (Å²) in [5.74, 6) is 0. The molecule has 5 aromatic carbocycles. The Balaban J connectivity index is 1.70. The molecule has 0 atom stereocenters. The zero-order chi connectivity index (χ0) is 17.8. The Morgan fingerprint density at radius 3 is 2.26 bits per heavy atom. The van der Waals surface area contributed by atoms with E-state index in [0.29, 0.717) is 0 Å². The lowest BCUT2D eigenvalue weighted by molar-refractivity contribution is 1.54. The van der Waals surface area contributed by atoms with Crippen molar-refractivity contribution >= 4 is 32.9 Å². The highest BCUT2D eigenvalue weighted by Gasteiger charge is 2.20. The molecular formula is C26H17N. The van der Waals surface area contributed by atoms with Gasteiger partial charge in [0.15, 0.2) is 0 Å². The molecule has 0 amide bonds. The molecule has 1 aliphatic rings. The van der Waals surface area contributed by atoms with Crippen LogP contribution in [0.15, 0.2) is 97.1 Å². The van der Waals surface area contributed by atoms with E-state index in [1.54, 1.807) is 0 Å². The van der Waals surface area contributed by atoms with E-state index in [-0.39, 0.29) is 0 Å². The smallest absolute Gasteiger partial charge is 0.0476 e. The summed E-state index contributed by atoms with van der Waals surface area (Å²) in [6.45, 7) is 0. The second-order valence-corrected chi connectivity index (χ2v) is 7.13. The maximum Gasteiger partial charge on any atom is 0.0476 e. The van der Waals surface area contributed by atoms with E-state index in [1.807, 2.05) is 0 Å². The number of benzene rings is 5. The van der Waals surface area contributed by atoms with Gasteiger partial charge in [-0.05, 0) is 51.0 Å². The molecule has 1 heteroatoms. The van der Waals surface area contributed by atoms with E-state index >= 15 is 0 Å². The van der Waals surface area contributed by atoms with Crippen LogP contribution in [0, 0.1) is 0 Å². The maximum atomic E-state index is 3.71. The standard InChI is InChI=1S/C26H17N/c1-2-7-17(8-3-1)20-15-19-10-6-12-22-25(19)24(16-20)27-23-14-13-18-9-4-5-11-21(18)26(22)23/h1-16,27H.